The number of amides is 1. The monoisotopic (exact) mass is 419 g/mol. The fraction of sp³-hybridized carbons (Fsp3) is 0.400. The SMILES string of the molecule is CCn1cc(C(=O)N2CC[C@@H](c3cc4nc(C)cc(C(F)(F)F)c4c(=O)[nH]3)C2)cn1. The van der Waals surface area contributed by atoms with Crippen LogP contribution in [0.15, 0.2) is 29.3 Å². The minimum atomic E-state index is -4.65. The molecule has 3 aromatic heterocycles. The second kappa shape index (κ2) is 7.26. The van der Waals surface area contributed by atoms with E-state index in [0.29, 0.717) is 37.3 Å². The van der Waals surface area contributed by atoms with Crippen LogP contribution in [0.2, 0.25) is 0 Å². The second-order valence-corrected chi connectivity index (χ2v) is 7.44. The summed E-state index contributed by atoms with van der Waals surface area (Å²) in [5.74, 6) is -0.349. The van der Waals surface area contributed by atoms with E-state index >= 15 is 0 Å². The van der Waals surface area contributed by atoms with Gasteiger partial charge in [0.25, 0.3) is 11.5 Å². The van der Waals surface area contributed by atoms with Crippen LogP contribution in [0.4, 0.5) is 13.2 Å². The molecule has 0 radical (unpaired) electrons. The molecule has 4 heterocycles. The van der Waals surface area contributed by atoms with Crippen molar-refractivity contribution < 1.29 is 18.0 Å². The number of carbonyl (C=O) groups excluding carboxylic acids is 1. The number of halogens is 3. The number of aryl methyl sites for hydroxylation is 2. The van der Waals surface area contributed by atoms with Crippen LogP contribution in [0.5, 0.6) is 0 Å². The first-order chi connectivity index (χ1) is 14.2. The maximum absolute atomic E-state index is 13.4. The van der Waals surface area contributed by atoms with Crippen LogP contribution in [-0.4, -0.2) is 43.6 Å². The number of H-pyrrole nitrogens is 1. The normalized spacial score (nSPS) is 17.1. The molecule has 1 fully saturated rings. The molecule has 0 bridgehead atoms. The van der Waals surface area contributed by atoms with Crippen LogP contribution in [0.25, 0.3) is 10.9 Å². The average molecular weight is 419 g/mol. The summed E-state index contributed by atoms with van der Waals surface area (Å²) in [6, 6.07) is 2.37. The first kappa shape index (κ1) is 20.1. The van der Waals surface area contributed by atoms with Crippen LogP contribution in [-0.2, 0) is 12.7 Å². The highest BCUT2D eigenvalue weighted by Gasteiger charge is 2.35. The third kappa shape index (κ3) is 3.57. The van der Waals surface area contributed by atoms with Gasteiger partial charge in [-0.05, 0) is 32.4 Å². The Morgan fingerprint density at radius 3 is 2.77 bits per heavy atom. The van der Waals surface area contributed by atoms with Crippen molar-refractivity contribution in [1.29, 1.82) is 0 Å². The number of rotatable bonds is 3. The number of nitrogens with one attached hydrogen (secondary N) is 1. The van der Waals surface area contributed by atoms with Crippen molar-refractivity contribution in [2.24, 2.45) is 0 Å². The lowest BCUT2D eigenvalue weighted by Crippen LogP contribution is -2.28. The molecule has 1 aliphatic rings. The first-order valence-electron chi connectivity index (χ1n) is 9.61. The van der Waals surface area contributed by atoms with Crippen molar-refractivity contribution in [2.75, 3.05) is 13.1 Å². The van der Waals surface area contributed by atoms with E-state index in [1.807, 2.05) is 6.92 Å². The summed E-state index contributed by atoms with van der Waals surface area (Å²) < 4.78 is 41.8. The number of carbonyl (C=O) groups is 1. The number of alkyl halides is 3. The minimum Gasteiger partial charge on any atom is -0.338 e. The summed E-state index contributed by atoms with van der Waals surface area (Å²) in [5, 5.41) is 3.64. The molecule has 10 heteroatoms. The summed E-state index contributed by atoms with van der Waals surface area (Å²) >= 11 is 0. The molecule has 0 aromatic carbocycles. The second-order valence-electron chi connectivity index (χ2n) is 7.44. The highest BCUT2D eigenvalue weighted by atomic mass is 19.4. The third-order valence-electron chi connectivity index (χ3n) is 5.38. The van der Waals surface area contributed by atoms with Gasteiger partial charge in [0.15, 0.2) is 0 Å². The molecule has 1 amide bonds. The van der Waals surface area contributed by atoms with Gasteiger partial charge in [-0.15, -0.1) is 0 Å². The first-order valence-corrected chi connectivity index (χ1v) is 9.61. The highest BCUT2D eigenvalue weighted by molar-refractivity contribution is 5.94. The number of nitrogens with zero attached hydrogens (tertiary/aromatic N) is 4. The van der Waals surface area contributed by atoms with Crippen LogP contribution < -0.4 is 5.56 Å². The molecular weight excluding hydrogens is 399 g/mol. The molecule has 1 atom stereocenters. The van der Waals surface area contributed by atoms with E-state index < -0.39 is 22.7 Å². The Bertz CT molecular complexity index is 1180. The van der Waals surface area contributed by atoms with Crippen molar-refractivity contribution in [3.63, 3.8) is 0 Å². The molecule has 158 valence electrons. The average Bonchev–Trinajstić information content (AvgIpc) is 3.35. The standard InChI is InChI=1S/C20H20F3N5O2/c1-3-28-10-13(8-24-28)19(30)27-5-4-12(9-27)15-7-16-17(18(29)26-15)14(20(21,22)23)6-11(2)25-16/h6-8,10,12H,3-5,9H2,1-2H3,(H,26,29)/t12-/m1/s1. The molecule has 0 saturated carbocycles. The summed E-state index contributed by atoms with van der Waals surface area (Å²) in [5.41, 5.74) is -0.655. The smallest absolute Gasteiger partial charge is 0.338 e. The lowest BCUT2D eigenvalue weighted by atomic mass is 10.0. The van der Waals surface area contributed by atoms with Gasteiger partial charge in [0.2, 0.25) is 0 Å². The predicted octanol–water partition coefficient (Wildman–Crippen LogP) is 3.10. The Morgan fingerprint density at radius 1 is 1.33 bits per heavy atom. The predicted molar refractivity (Wildman–Crippen MR) is 103 cm³/mol. The van der Waals surface area contributed by atoms with Crippen molar-refractivity contribution in [3.05, 3.63) is 57.4 Å². The zero-order valence-electron chi connectivity index (χ0n) is 16.5. The van der Waals surface area contributed by atoms with Crippen molar-refractivity contribution >= 4 is 16.8 Å². The number of aromatic nitrogens is 4. The maximum atomic E-state index is 13.4. The van der Waals surface area contributed by atoms with Gasteiger partial charge < -0.3 is 9.88 Å². The van der Waals surface area contributed by atoms with E-state index in [-0.39, 0.29) is 23.0 Å². The van der Waals surface area contributed by atoms with E-state index in [2.05, 4.69) is 15.1 Å². The van der Waals surface area contributed by atoms with Crippen LogP contribution >= 0.6 is 0 Å². The number of pyridine rings is 2. The number of likely N-dealkylation sites (tertiary alicyclic amines) is 1. The Balaban J connectivity index is 1.64. The van der Waals surface area contributed by atoms with Crippen molar-refractivity contribution in [2.45, 2.75) is 38.9 Å². The molecule has 1 aliphatic heterocycles. The number of fused-ring (bicyclic) bond motifs is 1. The Morgan fingerprint density at radius 2 is 2.10 bits per heavy atom. The fourth-order valence-corrected chi connectivity index (χ4v) is 3.89. The lowest BCUT2D eigenvalue weighted by Gasteiger charge is -2.16. The van der Waals surface area contributed by atoms with Crippen LogP contribution in [0, 0.1) is 6.92 Å². The molecule has 1 N–H and O–H groups in total. The molecule has 3 aromatic rings. The summed E-state index contributed by atoms with van der Waals surface area (Å²) in [7, 11) is 0. The Kier molecular flexibility index (Phi) is 4.87. The molecule has 7 nitrogen and oxygen atoms in total. The van der Waals surface area contributed by atoms with Crippen molar-refractivity contribution in [1.82, 2.24) is 24.6 Å². The summed E-state index contributed by atoms with van der Waals surface area (Å²) in [6.07, 6.45) is -0.867. The van der Waals surface area contributed by atoms with E-state index in [4.69, 9.17) is 0 Å². The van der Waals surface area contributed by atoms with Crippen LogP contribution in [0.3, 0.4) is 0 Å². The Hall–Kier alpha value is -3.17. The number of hydrogen-bond acceptors (Lipinski definition) is 4. The highest BCUT2D eigenvalue weighted by Crippen LogP contribution is 2.34. The quantitative estimate of drug-likeness (QED) is 0.707. The van der Waals surface area contributed by atoms with Gasteiger partial charge in [0.05, 0.1) is 28.2 Å². The van der Waals surface area contributed by atoms with Crippen molar-refractivity contribution in [3.8, 4) is 0 Å². The van der Waals surface area contributed by atoms with Gasteiger partial charge in [-0.2, -0.15) is 18.3 Å². The van der Waals surface area contributed by atoms with E-state index in [1.54, 1.807) is 15.8 Å². The van der Waals surface area contributed by atoms with Gasteiger partial charge in [-0.25, -0.2) is 0 Å². The van der Waals surface area contributed by atoms with E-state index in [0.717, 1.165) is 6.07 Å². The van der Waals surface area contributed by atoms with Gasteiger partial charge in [-0.3, -0.25) is 19.3 Å². The van der Waals surface area contributed by atoms with Gasteiger partial charge >= 0.3 is 6.18 Å². The zero-order chi connectivity index (χ0) is 21.6. The Labute approximate surface area is 169 Å². The molecule has 0 aliphatic carbocycles. The molecule has 0 spiro atoms. The number of hydrogen-bond donors (Lipinski definition) is 1. The summed E-state index contributed by atoms with van der Waals surface area (Å²) in [4.78, 5) is 33.6. The zero-order valence-corrected chi connectivity index (χ0v) is 16.5. The van der Waals surface area contributed by atoms with E-state index in [9.17, 15) is 22.8 Å². The molecule has 4 rings (SSSR count). The summed E-state index contributed by atoms with van der Waals surface area (Å²) in [6.45, 7) is 4.87. The van der Waals surface area contributed by atoms with Gasteiger partial charge in [0, 0.05) is 43.1 Å². The van der Waals surface area contributed by atoms with Crippen LogP contribution in [0.1, 0.15) is 46.6 Å². The lowest BCUT2D eigenvalue weighted by molar-refractivity contribution is -0.136. The van der Waals surface area contributed by atoms with Gasteiger partial charge in [-0.1, -0.05) is 0 Å². The minimum absolute atomic E-state index is 0.00933. The fourth-order valence-electron chi connectivity index (χ4n) is 3.89. The van der Waals surface area contributed by atoms with E-state index in [1.165, 1.54) is 19.2 Å². The maximum Gasteiger partial charge on any atom is 0.417 e. The molecule has 0 unspecified atom stereocenters. The molecular formula is C20H20F3N5O2. The number of aromatic amines is 1. The molecule has 30 heavy (non-hydrogen) atoms. The largest absolute Gasteiger partial charge is 0.417 e. The molecule has 1 saturated heterocycles. The topological polar surface area (TPSA) is 83.9 Å². The third-order valence-corrected chi connectivity index (χ3v) is 5.38. The van der Waals surface area contributed by atoms with Gasteiger partial charge in [0.1, 0.15) is 0 Å².